The van der Waals surface area contributed by atoms with Crippen LogP contribution in [-0.2, 0) is 6.54 Å². The predicted molar refractivity (Wildman–Crippen MR) is 74.2 cm³/mol. The monoisotopic (exact) mass is 301 g/mol. The maximum absolute atomic E-state index is 11.9. The summed E-state index contributed by atoms with van der Waals surface area (Å²) in [6.07, 6.45) is 0. The number of nitrogen functional groups attached to an aromatic ring is 1. The molecule has 0 saturated carbocycles. The van der Waals surface area contributed by atoms with E-state index in [4.69, 9.17) is 28.9 Å². The maximum atomic E-state index is 11.9. The van der Waals surface area contributed by atoms with E-state index in [1.165, 1.54) is 17.4 Å². The molecule has 0 aliphatic rings. The Morgan fingerprint density at radius 3 is 2.78 bits per heavy atom. The number of nitrogens with zero attached hydrogens (tertiary/aromatic N) is 1. The Balaban J connectivity index is 2.05. The van der Waals surface area contributed by atoms with Gasteiger partial charge in [-0.3, -0.25) is 4.79 Å². The molecular weight excluding hydrogens is 293 g/mol. The number of anilines is 1. The topological polar surface area (TPSA) is 68.0 Å². The molecule has 7 heteroatoms. The maximum Gasteiger partial charge on any atom is 0.271 e. The molecular formula is C11H9Cl2N3OS. The van der Waals surface area contributed by atoms with Crippen LogP contribution in [0.4, 0.5) is 5.82 Å². The Bertz CT molecular complexity index is 585. The van der Waals surface area contributed by atoms with Gasteiger partial charge in [0.1, 0.15) is 11.5 Å². The van der Waals surface area contributed by atoms with Crippen LogP contribution in [0.15, 0.2) is 24.3 Å². The number of thiophene rings is 1. The quantitative estimate of drug-likeness (QED) is 0.916. The SMILES string of the molecule is Nc1ccc(Cl)c(C(=O)NCc2ccc(Cl)s2)n1. The highest BCUT2D eigenvalue weighted by Crippen LogP contribution is 2.21. The summed E-state index contributed by atoms with van der Waals surface area (Å²) in [7, 11) is 0. The first-order chi connectivity index (χ1) is 8.56. The summed E-state index contributed by atoms with van der Waals surface area (Å²) in [5.74, 6) is -0.111. The van der Waals surface area contributed by atoms with Crippen LogP contribution in [0.2, 0.25) is 9.36 Å². The standard InChI is InChI=1S/C11H9Cl2N3OS/c12-7-2-4-9(14)16-10(7)11(17)15-5-6-1-3-8(13)18-6/h1-4H,5H2,(H2,14,16)(H,15,17). The van der Waals surface area contributed by atoms with Crippen LogP contribution in [0.25, 0.3) is 0 Å². The molecule has 2 heterocycles. The fourth-order valence-electron chi connectivity index (χ4n) is 1.31. The van der Waals surface area contributed by atoms with Crippen LogP contribution in [0.5, 0.6) is 0 Å². The van der Waals surface area contributed by atoms with Gasteiger partial charge < -0.3 is 11.1 Å². The lowest BCUT2D eigenvalue weighted by Crippen LogP contribution is -2.24. The Kier molecular flexibility index (Phi) is 4.06. The van der Waals surface area contributed by atoms with Crippen molar-refractivity contribution in [2.24, 2.45) is 0 Å². The van der Waals surface area contributed by atoms with Gasteiger partial charge >= 0.3 is 0 Å². The molecule has 0 aliphatic carbocycles. The second-order valence-corrected chi connectivity index (χ2v) is 5.66. The van der Waals surface area contributed by atoms with Gasteiger partial charge in [0.05, 0.1) is 15.9 Å². The second kappa shape index (κ2) is 5.56. The van der Waals surface area contributed by atoms with Crippen LogP contribution in [0, 0.1) is 0 Å². The minimum Gasteiger partial charge on any atom is -0.384 e. The molecule has 0 fully saturated rings. The lowest BCUT2D eigenvalue weighted by Gasteiger charge is -2.05. The van der Waals surface area contributed by atoms with Gasteiger partial charge in [0.2, 0.25) is 0 Å². The highest BCUT2D eigenvalue weighted by Gasteiger charge is 2.12. The molecule has 94 valence electrons. The van der Waals surface area contributed by atoms with Crippen LogP contribution in [0.3, 0.4) is 0 Å². The van der Waals surface area contributed by atoms with Gasteiger partial charge in [-0.05, 0) is 24.3 Å². The number of carbonyl (C=O) groups excluding carboxylic acids is 1. The number of hydrogen-bond acceptors (Lipinski definition) is 4. The van der Waals surface area contributed by atoms with Crippen molar-refractivity contribution < 1.29 is 4.79 Å². The molecule has 2 aromatic heterocycles. The molecule has 0 saturated heterocycles. The average molecular weight is 302 g/mol. The van der Waals surface area contributed by atoms with Crippen LogP contribution in [0.1, 0.15) is 15.4 Å². The first-order valence-electron chi connectivity index (χ1n) is 5.00. The number of rotatable bonds is 3. The minimum atomic E-state index is -0.364. The summed E-state index contributed by atoms with van der Waals surface area (Å²) in [5, 5.41) is 2.98. The lowest BCUT2D eigenvalue weighted by molar-refractivity contribution is 0.0946. The number of amides is 1. The van der Waals surface area contributed by atoms with Gasteiger partial charge in [-0.15, -0.1) is 11.3 Å². The fourth-order valence-corrected chi connectivity index (χ4v) is 2.53. The van der Waals surface area contributed by atoms with Crippen molar-refractivity contribution in [1.82, 2.24) is 10.3 Å². The summed E-state index contributed by atoms with van der Waals surface area (Å²) in [5.41, 5.74) is 5.64. The molecule has 0 radical (unpaired) electrons. The Morgan fingerprint density at radius 1 is 1.33 bits per heavy atom. The first kappa shape index (κ1) is 13.1. The van der Waals surface area contributed by atoms with E-state index in [-0.39, 0.29) is 22.4 Å². The Hall–Kier alpha value is -1.30. The van der Waals surface area contributed by atoms with Crippen LogP contribution in [-0.4, -0.2) is 10.9 Å². The van der Waals surface area contributed by atoms with Gasteiger partial charge in [-0.2, -0.15) is 0 Å². The molecule has 18 heavy (non-hydrogen) atoms. The summed E-state index contributed by atoms with van der Waals surface area (Å²) in [6.45, 7) is 0.378. The zero-order chi connectivity index (χ0) is 13.1. The third-order valence-electron chi connectivity index (χ3n) is 2.13. The van der Waals surface area contributed by atoms with Gasteiger partial charge in [-0.1, -0.05) is 23.2 Å². The number of nitrogens with one attached hydrogen (secondary N) is 1. The second-order valence-electron chi connectivity index (χ2n) is 3.46. The van der Waals surface area contributed by atoms with Crippen LogP contribution >= 0.6 is 34.5 Å². The van der Waals surface area contributed by atoms with Crippen molar-refractivity contribution in [1.29, 1.82) is 0 Å². The summed E-state index contributed by atoms with van der Waals surface area (Å²) in [4.78, 5) is 16.7. The number of nitrogens with two attached hydrogens (primary N) is 1. The van der Waals surface area contributed by atoms with Crippen molar-refractivity contribution in [3.05, 3.63) is 44.2 Å². The van der Waals surface area contributed by atoms with Crippen molar-refractivity contribution in [3.63, 3.8) is 0 Å². The fraction of sp³-hybridized carbons (Fsp3) is 0.0909. The zero-order valence-electron chi connectivity index (χ0n) is 9.11. The van der Waals surface area contributed by atoms with E-state index in [9.17, 15) is 4.79 Å². The van der Waals surface area contributed by atoms with Gasteiger partial charge in [0.25, 0.3) is 5.91 Å². The van der Waals surface area contributed by atoms with Gasteiger partial charge in [-0.25, -0.2) is 4.98 Å². The molecule has 2 aromatic rings. The van der Waals surface area contributed by atoms with E-state index < -0.39 is 0 Å². The average Bonchev–Trinajstić information content (AvgIpc) is 2.75. The highest BCUT2D eigenvalue weighted by molar-refractivity contribution is 7.16. The smallest absolute Gasteiger partial charge is 0.271 e. The molecule has 0 aliphatic heterocycles. The molecule has 1 amide bonds. The number of hydrogen-bond donors (Lipinski definition) is 2. The van der Waals surface area contributed by atoms with Crippen molar-refractivity contribution in [2.75, 3.05) is 5.73 Å². The van der Waals surface area contributed by atoms with Crippen molar-refractivity contribution in [2.45, 2.75) is 6.54 Å². The summed E-state index contributed by atoms with van der Waals surface area (Å²) in [6, 6.07) is 6.71. The highest BCUT2D eigenvalue weighted by atomic mass is 35.5. The largest absolute Gasteiger partial charge is 0.384 e. The van der Waals surface area contributed by atoms with Gasteiger partial charge in [0, 0.05) is 4.88 Å². The molecule has 4 nitrogen and oxygen atoms in total. The normalized spacial score (nSPS) is 10.3. The van der Waals surface area contributed by atoms with Crippen molar-refractivity contribution in [3.8, 4) is 0 Å². The third kappa shape index (κ3) is 3.13. The molecule has 0 aromatic carbocycles. The lowest BCUT2D eigenvalue weighted by atomic mass is 10.3. The summed E-state index contributed by atoms with van der Waals surface area (Å²) < 4.78 is 0.680. The molecule has 3 N–H and O–H groups in total. The molecule has 2 rings (SSSR count). The number of pyridine rings is 1. The van der Waals surface area contributed by atoms with E-state index in [1.54, 1.807) is 12.1 Å². The molecule has 0 atom stereocenters. The first-order valence-corrected chi connectivity index (χ1v) is 6.58. The van der Waals surface area contributed by atoms with E-state index in [0.717, 1.165) is 4.88 Å². The van der Waals surface area contributed by atoms with Crippen LogP contribution < -0.4 is 11.1 Å². The predicted octanol–water partition coefficient (Wildman–Crippen LogP) is 2.96. The summed E-state index contributed by atoms with van der Waals surface area (Å²) >= 11 is 13.1. The van der Waals surface area contributed by atoms with E-state index in [2.05, 4.69) is 10.3 Å². The van der Waals surface area contributed by atoms with E-state index >= 15 is 0 Å². The third-order valence-corrected chi connectivity index (χ3v) is 3.67. The molecule has 0 unspecified atom stereocenters. The number of carbonyl (C=O) groups is 1. The van der Waals surface area contributed by atoms with E-state index in [0.29, 0.717) is 10.9 Å². The number of halogens is 2. The molecule has 0 spiro atoms. The zero-order valence-corrected chi connectivity index (χ0v) is 11.4. The Labute approximate surface area is 118 Å². The number of aromatic nitrogens is 1. The minimum absolute atomic E-state index is 0.124. The van der Waals surface area contributed by atoms with E-state index in [1.807, 2.05) is 6.07 Å². The molecule has 0 bridgehead atoms. The Morgan fingerprint density at radius 2 is 2.11 bits per heavy atom. The van der Waals surface area contributed by atoms with Crippen molar-refractivity contribution >= 4 is 46.3 Å². The van der Waals surface area contributed by atoms with Gasteiger partial charge in [0.15, 0.2) is 0 Å².